The van der Waals surface area contributed by atoms with Crippen LogP contribution in [0.3, 0.4) is 0 Å². The normalized spacial score (nSPS) is 14.7. The highest BCUT2D eigenvalue weighted by Gasteiger charge is 2.30. The molecule has 1 aliphatic heterocycles. The Morgan fingerprint density at radius 1 is 1.14 bits per heavy atom. The summed E-state index contributed by atoms with van der Waals surface area (Å²) in [6.07, 6.45) is 4.41. The number of likely N-dealkylation sites (tertiary alicyclic amines) is 1. The number of aryl methyl sites for hydroxylation is 1. The van der Waals surface area contributed by atoms with Gasteiger partial charge in [-0.15, -0.1) is 0 Å². The molecule has 0 atom stereocenters. The molecule has 2 heterocycles. The smallest absolute Gasteiger partial charge is 0.231 e. The molecule has 1 aromatic heterocycles. The predicted molar refractivity (Wildman–Crippen MR) is 114 cm³/mol. The van der Waals surface area contributed by atoms with Crippen LogP contribution in [0.25, 0.3) is 0 Å². The van der Waals surface area contributed by atoms with Crippen molar-refractivity contribution in [2.45, 2.75) is 32.6 Å². The summed E-state index contributed by atoms with van der Waals surface area (Å²) in [6.45, 7) is 3.85. The summed E-state index contributed by atoms with van der Waals surface area (Å²) in [4.78, 5) is 33.5. The van der Waals surface area contributed by atoms with Crippen molar-refractivity contribution in [3.63, 3.8) is 0 Å². The van der Waals surface area contributed by atoms with Crippen LogP contribution in [0.15, 0.2) is 53.1 Å². The molecule has 1 aromatic carbocycles. The number of hydrogen-bond acceptors (Lipinski definition) is 3. The van der Waals surface area contributed by atoms with Crippen molar-refractivity contribution >= 4 is 33.6 Å². The van der Waals surface area contributed by atoms with Crippen molar-refractivity contribution in [3.8, 4) is 0 Å². The summed E-state index contributed by atoms with van der Waals surface area (Å²) in [5.41, 5.74) is 1.18. The zero-order valence-corrected chi connectivity index (χ0v) is 17.8. The lowest BCUT2D eigenvalue weighted by Gasteiger charge is -2.33. The average molecular weight is 444 g/mol. The molecule has 148 valence electrons. The van der Waals surface area contributed by atoms with Gasteiger partial charge in [-0.1, -0.05) is 30.3 Å². The average Bonchev–Trinajstić information content (AvgIpc) is 2.74. The number of piperidine rings is 1. The highest BCUT2D eigenvalue weighted by atomic mass is 79.9. The number of amides is 2. The van der Waals surface area contributed by atoms with Gasteiger partial charge in [0, 0.05) is 42.6 Å². The zero-order chi connectivity index (χ0) is 19.9. The standard InChI is InChI=1S/C22H26BrN3O2/c1-2-26(20-10-9-19(23)16-24-20)22(28)18-12-14-25(15-13-18)21(27)11-8-17-6-4-3-5-7-17/h3-7,9-10,16,18H,2,8,11-15H2,1H3. The lowest BCUT2D eigenvalue weighted by atomic mass is 9.94. The molecule has 1 fully saturated rings. The summed E-state index contributed by atoms with van der Waals surface area (Å²) in [7, 11) is 0. The minimum absolute atomic E-state index is 0.0522. The van der Waals surface area contributed by atoms with Crippen LogP contribution in [0.4, 0.5) is 5.82 Å². The maximum atomic E-state index is 13.0. The number of aromatic nitrogens is 1. The number of carbonyl (C=O) groups excluding carboxylic acids is 2. The first kappa shape index (κ1) is 20.5. The van der Waals surface area contributed by atoms with Gasteiger partial charge in [0.25, 0.3) is 0 Å². The molecule has 1 aliphatic rings. The van der Waals surface area contributed by atoms with E-state index in [0.717, 1.165) is 10.9 Å². The van der Waals surface area contributed by atoms with Crippen molar-refractivity contribution in [3.05, 3.63) is 58.7 Å². The molecule has 2 amide bonds. The Bertz CT molecular complexity index is 787. The van der Waals surface area contributed by atoms with Crippen molar-refractivity contribution in [1.82, 2.24) is 9.88 Å². The van der Waals surface area contributed by atoms with E-state index < -0.39 is 0 Å². The van der Waals surface area contributed by atoms with Crippen molar-refractivity contribution in [2.75, 3.05) is 24.5 Å². The van der Waals surface area contributed by atoms with Crippen LogP contribution in [-0.2, 0) is 16.0 Å². The van der Waals surface area contributed by atoms with Gasteiger partial charge in [0.1, 0.15) is 5.82 Å². The van der Waals surface area contributed by atoms with Gasteiger partial charge >= 0.3 is 0 Å². The third-order valence-electron chi connectivity index (χ3n) is 5.24. The van der Waals surface area contributed by atoms with Crippen LogP contribution >= 0.6 is 15.9 Å². The van der Waals surface area contributed by atoms with E-state index in [1.165, 1.54) is 5.56 Å². The van der Waals surface area contributed by atoms with Gasteiger partial charge < -0.3 is 4.90 Å². The number of hydrogen-bond donors (Lipinski definition) is 0. The summed E-state index contributed by atoms with van der Waals surface area (Å²) in [5.74, 6) is 0.908. The number of halogens is 1. The molecule has 0 N–H and O–H groups in total. The van der Waals surface area contributed by atoms with Crippen LogP contribution in [0.1, 0.15) is 31.7 Å². The Balaban J connectivity index is 1.51. The Morgan fingerprint density at radius 3 is 2.46 bits per heavy atom. The maximum absolute atomic E-state index is 13.0. The van der Waals surface area contributed by atoms with E-state index >= 15 is 0 Å². The fourth-order valence-electron chi connectivity index (χ4n) is 3.61. The van der Waals surface area contributed by atoms with Crippen LogP contribution < -0.4 is 4.90 Å². The molecule has 0 unspecified atom stereocenters. The third-order valence-corrected chi connectivity index (χ3v) is 5.71. The fraction of sp³-hybridized carbons (Fsp3) is 0.409. The van der Waals surface area contributed by atoms with Crippen LogP contribution in [-0.4, -0.2) is 41.3 Å². The zero-order valence-electron chi connectivity index (χ0n) is 16.2. The molecule has 1 saturated heterocycles. The molecule has 2 aromatic rings. The van der Waals surface area contributed by atoms with Gasteiger partial charge in [0.15, 0.2) is 0 Å². The minimum Gasteiger partial charge on any atom is -0.343 e. The Labute approximate surface area is 174 Å². The van der Waals surface area contributed by atoms with Gasteiger partial charge in [-0.05, 0) is 59.8 Å². The summed E-state index contributed by atoms with van der Waals surface area (Å²) >= 11 is 3.37. The second kappa shape index (κ2) is 9.82. The van der Waals surface area contributed by atoms with Gasteiger partial charge in [0.2, 0.25) is 11.8 Å². The summed E-state index contributed by atoms with van der Waals surface area (Å²) in [5, 5.41) is 0. The number of anilines is 1. The lowest BCUT2D eigenvalue weighted by molar-refractivity contribution is -0.134. The van der Waals surface area contributed by atoms with Crippen LogP contribution in [0.5, 0.6) is 0 Å². The molecule has 3 rings (SSSR count). The number of nitrogens with zero attached hydrogens (tertiary/aromatic N) is 3. The summed E-state index contributed by atoms with van der Waals surface area (Å²) < 4.78 is 0.891. The minimum atomic E-state index is -0.0522. The molecule has 0 saturated carbocycles. The predicted octanol–water partition coefficient (Wildman–Crippen LogP) is 4.07. The molecule has 6 heteroatoms. The molecule has 0 aliphatic carbocycles. The molecule has 28 heavy (non-hydrogen) atoms. The molecular formula is C22H26BrN3O2. The number of rotatable bonds is 6. The van der Waals surface area contributed by atoms with E-state index in [1.807, 2.05) is 54.3 Å². The number of pyridine rings is 1. The van der Waals surface area contributed by atoms with Gasteiger partial charge in [-0.3, -0.25) is 14.5 Å². The highest BCUT2D eigenvalue weighted by molar-refractivity contribution is 9.10. The molecule has 5 nitrogen and oxygen atoms in total. The molecular weight excluding hydrogens is 418 g/mol. The summed E-state index contributed by atoms with van der Waals surface area (Å²) in [6, 6.07) is 13.8. The van der Waals surface area contributed by atoms with Gasteiger partial charge in [0.05, 0.1) is 0 Å². The monoisotopic (exact) mass is 443 g/mol. The first-order valence-electron chi connectivity index (χ1n) is 9.83. The maximum Gasteiger partial charge on any atom is 0.231 e. The highest BCUT2D eigenvalue weighted by Crippen LogP contribution is 2.24. The first-order chi connectivity index (χ1) is 13.6. The topological polar surface area (TPSA) is 53.5 Å². The second-order valence-corrected chi connectivity index (χ2v) is 7.97. The van der Waals surface area contributed by atoms with E-state index in [1.54, 1.807) is 11.1 Å². The van der Waals surface area contributed by atoms with Crippen LogP contribution in [0.2, 0.25) is 0 Å². The third kappa shape index (κ3) is 5.19. The van der Waals surface area contributed by atoms with Gasteiger partial charge in [-0.25, -0.2) is 4.98 Å². The molecule has 0 bridgehead atoms. The van der Waals surface area contributed by atoms with E-state index in [2.05, 4.69) is 20.9 Å². The van der Waals surface area contributed by atoms with Gasteiger partial charge in [-0.2, -0.15) is 0 Å². The quantitative estimate of drug-likeness (QED) is 0.675. The van der Waals surface area contributed by atoms with E-state index in [9.17, 15) is 9.59 Å². The molecule has 0 spiro atoms. The largest absolute Gasteiger partial charge is 0.343 e. The Morgan fingerprint density at radius 2 is 1.86 bits per heavy atom. The first-order valence-corrected chi connectivity index (χ1v) is 10.6. The van der Waals surface area contributed by atoms with Crippen LogP contribution in [0, 0.1) is 5.92 Å². The Kier molecular flexibility index (Phi) is 7.20. The van der Waals surface area contributed by atoms with Crippen molar-refractivity contribution in [2.24, 2.45) is 5.92 Å². The second-order valence-electron chi connectivity index (χ2n) is 7.06. The van der Waals surface area contributed by atoms with Crippen molar-refractivity contribution in [1.29, 1.82) is 0 Å². The van der Waals surface area contributed by atoms with E-state index in [4.69, 9.17) is 0 Å². The number of carbonyl (C=O) groups is 2. The van der Waals surface area contributed by atoms with E-state index in [-0.39, 0.29) is 17.7 Å². The van der Waals surface area contributed by atoms with E-state index in [0.29, 0.717) is 44.7 Å². The Hall–Kier alpha value is -2.21. The fourth-order valence-corrected chi connectivity index (χ4v) is 3.84. The number of benzene rings is 1. The lowest BCUT2D eigenvalue weighted by Crippen LogP contribution is -2.44. The molecule has 0 radical (unpaired) electrons. The SMILES string of the molecule is CCN(C(=O)C1CCN(C(=O)CCc2ccccc2)CC1)c1ccc(Br)cn1. The van der Waals surface area contributed by atoms with Crippen molar-refractivity contribution < 1.29 is 9.59 Å².